The number of hydrogen-bond donors (Lipinski definition) is 6. The third kappa shape index (κ3) is 11.9. The largest absolute Gasteiger partial charge is 0.480 e. The highest BCUT2D eigenvalue weighted by atomic mass is 32.2. The van der Waals surface area contributed by atoms with E-state index in [1.807, 2.05) is 34.0 Å². The maximum atomic E-state index is 12.7. The molecule has 7 N–H and O–H groups in total. The van der Waals surface area contributed by atoms with E-state index in [4.69, 9.17) is 5.73 Å². The number of hydrogen-bond acceptors (Lipinski definition) is 7. The lowest BCUT2D eigenvalue weighted by Gasteiger charge is -2.25. The molecule has 31 heavy (non-hydrogen) atoms. The lowest BCUT2D eigenvalue weighted by Crippen LogP contribution is -2.58. The smallest absolute Gasteiger partial charge is 0.326 e. The van der Waals surface area contributed by atoms with Gasteiger partial charge in [-0.2, -0.15) is 11.8 Å². The Hall–Kier alpha value is -1.85. The van der Waals surface area contributed by atoms with Crippen molar-refractivity contribution in [1.29, 1.82) is 0 Å². The quantitative estimate of drug-likeness (QED) is 0.192. The molecule has 180 valence electrons. The second kappa shape index (κ2) is 15.0. The standard InChI is InChI=1S/C20H38N4O6S/c1-11(2)8-13(21)17(26)24-16(10-25)19(28)22-14(6-7-31-5)18(27)23-15(20(29)30)9-12(3)4/h11-16,25H,6-10,21H2,1-5H3,(H,22,28)(H,23,27)(H,24,26)(H,29,30). The number of amides is 3. The van der Waals surface area contributed by atoms with Crippen LogP contribution in [0.15, 0.2) is 0 Å². The van der Waals surface area contributed by atoms with Crippen LogP contribution in [-0.2, 0) is 19.2 Å². The van der Waals surface area contributed by atoms with Gasteiger partial charge in [-0.05, 0) is 43.1 Å². The van der Waals surface area contributed by atoms with Gasteiger partial charge in [0.05, 0.1) is 12.6 Å². The summed E-state index contributed by atoms with van der Waals surface area (Å²) in [5.74, 6) is -2.35. The second-order valence-corrected chi connectivity index (χ2v) is 9.34. The number of rotatable bonds is 15. The van der Waals surface area contributed by atoms with Crippen molar-refractivity contribution in [3.8, 4) is 0 Å². The van der Waals surface area contributed by atoms with Crippen LogP contribution in [0.4, 0.5) is 0 Å². The minimum atomic E-state index is -1.28. The van der Waals surface area contributed by atoms with Gasteiger partial charge in [0.2, 0.25) is 17.7 Å². The van der Waals surface area contributed by atoms with E-state index in [1.165, 1.54) is 11.8 Å². The molecular weight excluding hydrogens is 424 g/mol. The van der Waals surface area contributed by atoms with E-state index in [2.05, 4.69) is 16.0 Å². The molecule has 0 radical (unpaired) electrons. The van der Waals surface area contributed by atoms with Crippen molar-refractivity contribution in [3.63, 3.8) is 0 Å². The number of carbonyl (C=O) groups is 4. The minimum absolute atomic E-state index is 0.0460. The highest BCUT2D eigenvalue weighted by molar-refractivity contribution is 7.98. The summed E-state index contributed by atoms with van der Waals surface area (Å²) in [5, 5.41) is 26.3. The van der Waals surface area contributed by atoms with Crippen molar-refractivity contribution in [3.05, 3.63) is 0 Å². The molecule has 0 rings (SSSR count). The molecule has 0 aromatic rings. The van der Waals surface area contributed by atoms with Crippen LogP contribution >= 0.6 is 11.8 Å². The van der Waals surface area contributed by atoms with Crippen LogP contribution in [0.25, 0.3) is 0 Å². The summed E-state index contributed by atoms with van der Waals surface area (Å²) >= 11 is 1.46. The summed E-state index contributed by atoms with van der Waals surface area (Å²) in [5.41, 5.74) is 5.81. The van der Waals surface area contributed by atoms with Gasteiger partial charge in [-0.15, -0.1) is 0 Å². The van der Waals surface area contributed by atoms with Gasteiger partial charge >= 0.3 is 5.97 Å². The zero-order chi connectivity index (χ0) is 24.1. The van der Waals surface area contributed by atoms with Crippen LogP contribution in [0.2, 0.25) is 0 Å². The maximum absolute atomic E-state index is 12.7. The Kier molecular flexibility index (Phi) is 14.1. The number of carbonyl (C=O) groups excluding carboxylic acids is 3. The Morgan fingerprint density at radius 2 is 1.32 bits per heavy atom. The second-order valence-electron chi connectivity index (χ2n) is 8.35. The lowest BCUT2D eigenvalue weighted by molar-refractivity contribution is -0.142. The number of nitrogens with two attached hydrogens (primary N) is 1. The number of aliphatic carboxylic acids is 1. The molecule has 0 aromatic heterocycles. The van der Waals surface area contributed by atoms with Crippen LogP contribution < -0.4 is 21.7 Å². The average molecular weight is 463 g/mol. The predicted molar refractivity (Wildman–Crippen MR) is 120 cm³/mol. The molecule has 0 spiro atoms. The zero-order valence-corrected chi connectivity index (χ0v) is 19.8. The summed E-state index contributed by atoms with van der Waals surface area (Å²) < 4.78 is 0. The Morgan fingerprint density at radius 1 is 0.839 bits per heavy atom. The molecule has 0 heterocycles. The van der Waals surface area contributed by atoms with Crippen molar-refractivity contribution in [2.45, 2.75) is 71.1 Å². The van der Waals surface area contributed by atoms with Gasteiger partial charge in [0.1, 0.15) is 18.1 Å². The van der Waals surface area contributed by atoms with Crippen molar-refractivity contribution >= 4 is 35.5 Å². The lowest BCUT2D eigenvalue weighted by atomic mass is 10.0. The molecule has 4 unspecified atom stereocenters. The zero-order valence-electron chi connectivity index (χ0n) is 19.0. The van der Waals surface area contributed by atoms with E-state index in [0.717, 1.165) is 0 Å². The van der Waals surface area contributed by atoms with E-state index < -0.39 is 54.5 Å². The highest BCUT2D eigenvalue weighted by Gasteiger charge is 2.30. The molecule has 0 bridgehead atoms. The van der Waals surface area contributed by atoms with Gasteiger partial charge in [-0.3, -0.25) is 14.4 Å². The molecule has 0 fully saturated rings. The fraction of sp³-hybridized carbons (Fsp3) is 0.800. The minimum Gasteiger partial charge on any atom is -0.480 e. The number of nitrogens with one attached hydrogen (secondary N) is 3. The third-order valence-electron chi connectivity index (χ3n) is 4.44. The van der Waals surface area contributed by atoms with Crippen molar-refractivity contribution in [2.24, 2.45) is 17.6 Å². The molecule has 0 saturated heterocycles. The van der Waals surface area contributed by atoms with Crippen LogP contribution in [0.5, 0.6) is 0 Å². The Labute approximate surface area is 188 Å². The predicted octanol–water partition coefficient (Wildman–Crippen LogP) is -0.310. The molecule has 11 heteroatoms. The summed E-state index contributed by atoms with van der Waals surface area (Å²) in [4.78, 5) is 48.9. The van der Waals surface area contributed by atoms with Crippen LogP contribution in [-0.4, -0.2) is 76.7 Å². The number of aliphatic hydroxyl groups is 1. The molecule has 10 nitrogen and oxygen atoms in total. The number of carboxylic acids is 1. The fourth-order valence-corrected chi connectivity index (χ4v) is 3.30. The van der Waals surface area contributed by atoms with E-state index in [0.29, 0.717) is 12.2 Å². The number of aliphatic hydroxyl groups excluding tert-OH is 1. The Balaban J connectivity index is 5.20. The molecule has 0 aromatic carbocycles. The normalized spacial score (nSPS) is 15.1. The monoisotopic (exact) mass is 462 g/mol. The van der Waals surface area contributed by atoms with Gasteiger partial charge in [0.15, 0.2) is 0 Å². The Morgan fingerprint density at radius 3 is 1.77 bits per heavy atom. The first-order chi connectivity index (χ1) is 14.4. The van der Waals surface area contributed by atoms with Gasteiger partial charge < -0.3 is 31.9 Å². The molecular formula is C20H38N4O6S. The van der Waals surface area contributed by atoms with Gasteiger partial charge in [0, 0.05) is 0 Å². The summed E-state index contributed by atoms with van der Waals surface area (Å²) in [6.45, 7) is 6.82. The Bertz CT molecular complexity index is 602. The third-order valence-corrected chi connectivity index (χ3v) is 5.09. The summed E-state index contributed by atoms with van der Waals surface area (Å²) in [6.07, 6.45) is 2.75. The van der Waals surface area contributed by atoms with Crippen LogP contribution in [0.1, 0.15) is 47.0 Å². The first-order valence-corrected chi connectivity index (χ1v) is 11.8. The van der Waals surface area contributed by atoms with Crippen LogP contribution in [0, 0.1) is 11.8 Å². The van der Waals surface area contributed by atoms with Crippen molar-refractivity contribution in [1.82, 2.24) is 16.0 Å². The van der Waals surface area contributed by atoms with E-state index in [9.17, 15) is 29.4 Å². The maximum Gasteiger partial charge on any atom is 0.326 e. The van der Waals surface area contributed by atoms with E-state index in [-0.39, 0.29) is 24.7 Å². The SMILES string of the molecule is CSCCC(NC(=O)C(CO)NC(=O)C(N)CC(C)C)C(=O)NC(CC(C)C)C(=O)O. The van der Waals surface area contributed by atoms with Gasteiger partial charge in [-0.25, -0.2) is 4.79 Å². The first kappa shape index (κ1) is 29.1. The molecule has 0 aliphatic rings. The van der Waals surface area contributed by atoms with Crippen molar-refractivity contribution in [2.75, 3.05) is 18.6 Å². The van der Waals surface area contributed by atoms with Crippen molar-refractivity contribution < 1.29 is 29.4 Å². The average Bonchev–Trinajstić information content (AvgIpc) is 2.67. The number of carboxylic acid groups (broad SMARTS) is 1. The number of thioether (sulfide) groups is 1. The van der Waals surface area contributed by atoms with Gasteiger partial charge in [-0.1, -0.05) is 27.7 Å². The van der Waals surface area contributed by atoms with Gasteiger partial charge in [0.25, 0.3) is 0 Å². The topological polar surface area (TPSA) is 171 Å². The van der Waals surface area contributed by atoms with E-state index >= 15 is 0 Å². The van der Waals surface area contributed by atoms with E-state index in [1.54, 1.807) is 0 Å². The summed E-state index contributed by atoms with van der Waals surface area (Å²) in [7, 11) is 0. The first-order valence-electron chi connectivity index (χ1n) is 10.4. The molecule has 0 saturated carbocycles. The highest BCUT2D eigenvalue weighted by Crippen LogP contribution is 2.08. The van der Waals surface area contributed by atoms with Crippen LogP contribution in [0.3, 0.4) is 0 Å². The molecule has 3 amide bonds. The molecule has 0 aliphatic heterocycles. The molecule has 4 atom stereocenters. The summed E-state index contributed by atoms with van der Waals surface area (Å²) in [6, 6.07) is -4.20. The molecule has 0 aliphatic carbocycles. The fourth-order valence-electron chi connectivity index (χ4n) is 2.83.